The minimum atomic E-state index is -1.04. The van der Waals surface area contributed by atoms with Crippen LogP contribution < -0.4 is 16.4 Å². The Hall–Kier alpha value is -3.54. The number of amides is 2. The van der Waals surface area contributed by atoms with Crippen LogP contribution in [0.25, 0.3) is 11.1 Å². The first-order chi connectivity index (χ1) is 15.5. The monoisotopic (exact) mass is 469 g/mol. The van der Waals surface area contributed by atoms with E-state index < -0.39 is 17.1 Å². The van der Waals surface area contributed by atoms with E-state index >= 15 is 0 Å². The number of ether oxygens (including phenoxy) is 1. The first-order valence-electron chi connectivity index (χ1n) is 10.2. The van der Waals surface area contributed by atoms with E-state index in [1.54, 1.807) is 39.0 Å². The van der Waals surface area contributed by atoms with Crippen LogP contribution in [-0.4, -0.2) is 56.8 Å². The van der Waals surface area contributed by atoms with Gasteiger partial charge in [0.25, 0.3) is 6.01 Å². The molecule has 33 heavy (non-hydrogen) atoms. The van der Waals surface area contributed by atoms with Gasteiger partial charge in [-0.05, 0) is 45.2 Å². The number of aromatic nitrogens is 3. The Labute approximate surface area is 193 Å². The molecule has 5 rings (SSSR count). The van der Waals surface area contributed by atoms with Gasteiger partial charge in [-0.25, -0.2) is 14.8 Å². The van der Waals surface area contributed by atoms with Crippen LogP contribution in [0.5, 0.6) is 0 Å². The third-order valence-corrected chi connectivity index (χ3v) is 6.13. The lowest BCUT2D eigenvalue weighted by Crippen LogP contribution is -2.65. The van der Waals surface area contributed by atoms with E-state index in [1.807, 2.05) is 6.26 Å². The minimum Gasteiger partial charge on any atom is -0.444 e. The molecule has 0 bridgehead atoms. The quantitative estimate of drug-likeness (QED) is 0.423. The fourth-order valence-corrected chi connectivity index (χ4v) is 4.55. The lowest BCUT2D eigenvalue weighted by molar-refractivity contribution is -0.128. The van der Waals surface area contributed by atoms with Gasteiger partial charge >= 0.3 is 6.09 Å². The smallest absolute Gasteiger partial charge is 0.410 e. The highest BCUT2D eigenvalue weighted by Gasteiger charge is 2.62. The molecule has 3 aromatic rings. The highest BCUT2D eigenvalue weighted by Crippen LogP contribution is 2.51. The van der Waals surface area contributed by atoms with E-state index in [9.17, 15) is 9.59 Å². The molecule has 0 radical (unpaired) electrons. The summed E-state index contributed by atoms with van der Waals surface area (Å²) in [6.07, 6.45) is 1.35. The number of rotatable bonds is 2. The number of thioether (sulfide) groups is 1. The van der Waals surface area contributed by atoms with Crippen molar-refractivity contribution in [2.75, 3.05) is 35.7 Å². The second kappa shape index (κ2) is 6.98. The third kappa shape index (κ3) is 3.24. The van der Waals surface area contributed by atoms with Crippen molar-refractivity contribution in [3.63, 3.8) is 0 Å². The molecular formula is C21H23N7O4S. The molecule has 2 aromatic heterocycles. The van der Waals surface area contributed by atoms with Crippen molar-refractivity contribution in [1.29, 1.82) is 0 Å². The van der Waals surface area contributed by atoms with Gasteiger partial charge in [0.1, 0.15) is 22.2 Å². The van der Waals surface area contributed by atoms with Crippen molar-refractivity contribution in [1.82, 2.24) is 19.9 Å². The zero-order valence-electron chi connectivity index (χ0n) is 18.6. The summed E-state index contributed by atoms with van der Waals surface area (Å²) in [5, 5.41) is 0.454. The topological polar surface area (TPSA) is 154 Å². The molecule has 0 saturated carbocycles. The number of carbonyl (C=O) groups is 2. The minimum absolute atomic E-state index is 0.0335. The first-order valence-corrected chi connectivity index (χ1v) is 11.5. The highest BCUT2D eigenvalue weighted by molar-refractivity contribution is 7.98. The van der Waals surface area contributed by atoms with Crippen molar-refractivity contribution in [2.24, 2.45) is 0 Å². The van der Waals surface area contributed by atoms with Gasteiger partial charge in [-0.2, -0.15) is 4.98 Å². The maximum absolute atomic E-state index is 13.9. The van der Waals surface area contributed by atoms with Crippen LogP contribution in [0.3, 0.4) is 0 Å². The van der Waals surface area contributed by atoms with E-state index in [0.29, 0.717) is 33.3 Å². The maximum Gasteiger partial charge on any atom is 0.410 e. The average molecular weight is 470 g/mol. The van der Waals surface area contributed by atoms with Crippen LogP contribution in [0, 0.1) is 0 Å². The highest BCUT2D eigenvalue weighted by atomic mass is 32.2. The Bertz CT molecular complexity index is 1310. The molecule has 0 atom stereocenters. The lowest BCUT2D eigenvalue weighted by atomic mass is 9.77. The molecule has 1 fully saturated rings. The van der Waals surface area contributed by atoms with Gasteiger partial charge < -0.3 is 25.5 Å². The first kappa shape index (κ1) is 21.3. The van der Waals surface area contributed by atoms with Gasteiger partial charge in [-0.15, -0.1) is 0 Å². The van der Waals surface area contributed by atoms with Crippen molar-refractivity contribution in [3.05, 3.63) is 23.9 Å². The Balaban J connectivity index is 1.58. The van der Waals surface area contributed by atoms with Crippen LogP contribution in [0.15, 0.2) is 27.8 Å². The van der Waals surface area contributed by atoms with Gasteiger partial charge in [-0.3, -0.25) is 9.69 Å². The number of hydrogen-bond donors (Lipinski definition) is 2. The molecule has 1 spiro atoms. The summed E-state index contributed by atoms with van der Waals surface area (Å²) in [5.74, 6) is -0.0579. The van der Waals surface area contributed by atoms with Gasteiger partial charge in [0.05, 0.1) is 11.4 Å². The fraction of sp³-hybridized carbons (Fsp3) is 0.381. The molecule has 4 heterocycles. The van der Waals surface area contributed by atoms with Gasteiger partial charge in [0.2, 0.25) is 5.91 Å². The molecular weight excluding hydrogens is 446 g/mol. The summed E-state index contributed by atoms with van der Waals surface area (Å²) in [7, 11) is 0. The number of nitrogens with two attached hydrogens (primary N) is 2. The second-order valence-electron chi connectivity index (χ2n) is 9.06. The number of nitrogen functional groups attached to an aromatic ring is 2. The van der Waals surface area contributed by atoms with E-state index in [0.717, 1.165) is 0 Å². The molecule has 172 valence electrons. The Kier molecular flexibility index (Phi) is 4.51. The van der Waals surface area contributed by atoms with E-state index in [1.165, 1.54) is 21.6 Å². The van der Waals surface area contributed by atoms with Crippen LogP contribution in [0.1, 0.15) is 26.5 Å². The Morgan fingerprint density at radius 3 is 2.61 bits per heavy atom. The molecule has 11 nitrogen and oxygen atoms in total. The third-order valence-electron chi connectivity index (χ3n) is 5.58. The van der Waals surface area contributed by atoms with Gasteiger partial charge in [0.15, 0.2) is 16.6 Å². The number of anilines is 4. The van der Waals surface area contributed by atoms with Crippen LogP contribution in [0.2, 0.25) is 0 Å². The van der Waals surface area contributed by atoms with Crippen molar-refractivity contribution in [3.8, 4) is 0 Å². The largest absolute Gasteiger partial charge is 0.444 e. The molecule has 1 aromatic carbocycles. The molecule has 0 aliphatic carbocycles. The van der Waals surface area contributed by atoms with Crippen LogP contribution in [0.4, 0.5) is 28.0 Å². The van der Waals surface area contributed by atoms with Crippen molar-refractivity contribution in [2.45, 2.75) is 36.9 Å². The zero-order chi connectivity index (χ0) is 23.7. The molecule has 4 N–H and O–H groups in total. The molecule has 2 amide bonds. The van der Waals surface area contributed by atoms with Crippen molar-refractivity contribution < 1.29 is 18.7 Å². The molecule has 2 aliphatic heterocycles. The standard InChI is InChI=1S/C21H23N7O4S/c1-20(2,3)32-19(30)27-8-21(9-27)14-13(15(22)26-18(25-14)33-4)28(16(21)29)10-5-6-12-11(7-10)24-17(23)31-12/h5-7H,8-9H2,1-4H3,(H2,23,24)(H2,22,25,26). The van der Waals surface area contributed by atoms with Crippen LogP contribution in [-0.2, 0) is 14.9 Å². The van der Waals surface area contributed by atoms with Gasteiger partial charge in [0, 0.05) is 13.1 Å². The van der Waals surface area contributed by atoms with E-state index in [-0.39, 0.29) is 30.8 Å². The Morgan fingerprint density at radius 2 is 1.94 bits per heavy atom. The van der Waals surface area contributed by atoms with Gasteiger partial charge in [-0.1, -0.05) is 11.8 Å². The predicted molar refractivity (Wildman–Crippen MR) is 123 cm³/mol. The number of nitrogens with zero attached hydrogens (tertiary/aromatic N) is 5. The maximum atomic E-state index is 13.9. The number of likely N-dealkylation sites (tertiary alicyclic amines) is 1. The summed E-state index contributed by atoms with van der Waals surface area (Å²) >= 11 is 1.33. The number of hydrogen-bond acceptors (Lipinski definition) is 10. The summed E-state index contributed by atoms with van der Waals surface area (Å²) in [4.78, 5) is 42.6. The Morgan fingerprint density at radius 1 is 1.21 bits per heavy atom. The summed E-state index contributed by atoms with van der Waals surface area (Å²) in [6, 6.07) is 5.14. The summed E-state index contributed by atoms with van der Waals surface area (Å²) < 4.78 is 10.8. The molecule has 12 heteroatoms. The molecule has 1 saturated heterocycles. The molecule has 0 unspecified atom stereocenters. The predicted octanol–water partition coefficient (Wildman–Crippen LogP) is 2.67. The summed E-state index contributed by atoms with van der Waals surface area (Å²) in [5.41, 5.74) is 12.8. The summed E-state index contributed by atoms with van der Waals surface area (Å²) in [6.45, 7) is 5.65. The fourth-order valence-electron chi connectivity index (χ4n) is 4.18. The van der Waals surface area contributed by atoms with E-state index in [4.69, 9.17) is 20.6 Å². The number of oxazole rings is 1. The number of benzene rings is 1. The van der Waals surface area contributed by atoms with Crippen molar-refractivity contribution >= 4 is 58.1 Å². The zero-order valence-corrected chi connectivity index (χ0v) is 19.4. The lowest BCUT2D eigenvalue weighted by Gasteiger charge is -2.45. The van der Waals surface area contributed by atoms with Crippen LogP contribution >= 0.6 is 11.8 Å². The molecule has 2 aliphatic rings. The average Bonchev–Trinajstić information content (AvgIpc) is 3.18. The van der Waals surface area contributed by atoms with E-state index in [2.05, 4.69) is 15.0 Å². The second-order valence-corrected chi connectivity index (χ2v) is 9.83. The number of fused-ring (bicyclic) bond motifs is 3. The normalized spacial score (nSPS) is 16.9. The number of carbonyl (C=O) groups excluding carboxylic acids is 2. The SMILES string of the molecule is CSc1nc(N)c2c(n1)C1(CN(C(=O)OC(C)(C)C)C1)C(=O)N2c1ccc2oc(N)nc2c1.